The van der Waals surface area contributed by atoms with Crippen molar-refractivity contribution in [2.24, 2.45) is 7.05 Å². The number of anilines is 1. The zero-order valence-corrected chi connectivity index (χ0v) is 15.1. The van der Waals surface area contributed by atoms with Gasteiger partial charge < -0.3 is 0 Å². The molecule has 4 aromatic heterocycles. The van der Waals surface area contributed by atoms with Crippen molar-refractivity contribution in [2.45, 2.75) is 6.92 Å². The second-order valence-electron chi connectivity index (χ2n) is 6.41. The predicted molar refractivity (Wildman–Crippen MR) is 101 cm³/mol. The lowest BCUT2D eigenvalue weighted by molar-refractivity contribution is 0.102. The number of hydrogen-bond donors (Lipinski definition) is 1. The van der Waals surface area contributed by atoms with E-state index >= 15 is 0 Å². The van der Waals surface area contributed by atoms with Crippen LogP contribution in [-0.2, 0) is 7.05 Å². The summed E-state index contributed by atoms with van der Waals surface area (Å²) in [5.74, 6) is -0.218. The van der Waals surface area contributed by atoms with Gasteiger partial charge in [-0.1, -0.05) is 17.3 Å². The SMILES string of the molecule is Cc1cc2nc(NC(=O)c3cn(C)nn3)nn2cc1-n1cnc2ccccc21. The first-order valence-corrected chi connectivity index (χ1v) is 8.56. The maximum atomic E-state index is 12.2. The van der Waals surface area contributed by atoms with E-state index in [2.05, 4.69) is 30.7 Å². The van der Waals surface area contributed by atoms with Gasteiger partial charge in [-0.15, -0.1) is 10.2 Å². The Balaban J connectivity index is 1.53. The minimum Gasteiger partial charge on any atom is -0.297 e. The standard InChI is InChI=1S/C18H15N9O/c1-11-7-16-20-18(21-17(28)13-8-25(2)24-22-13)23-27(16)9-15(11)26-10-19-12-5-3-4-6-14(12)26/h3-10H,1-2H3,(H,21,23,28). The van der Waals surface area contributed by atoms with Crippen LogP contribution < -0.4 is 5.32 Å². The third kappa shape index (κ3) is 2.58. The van der Waals surface area contributed by atoms with Crippen molar-refractivity contribution in [3.63, 3.8) is 0 Å². The first-order chi connectivity index (χ1) is 13.6. The topological polar surface area (TPSA) is 108 Å². The molecule has 0 unspecified atom stereocenters. The van der Waals surface area contributed by atoms with E-state index in [1.807, 2.05) is 48.0 Å². The van der Waals surface area contributed by atoms with Gasteiger partial charge in [0.1, 0.15) is 6.33 Å². The lowest BCUT2D eigenvalue weighted by atomic mass is 10.2. The number of rotatable bonds is 3. The number of aromatic nitrogens is 8. The molecule has 0 bridgehead atoms. The highest BCUT2D eigenvalue weighted by atomic mass is 16.2. The number of pyridine rings is 1. The van der Waals surface area contributed by atoms with Crippen LogP contribution in [0, 0.1) is 6.92 Å². The first-order valence-electron chi connectivity index (χ1n) is 8.56. The van der Waals surface area contributed by atoms with Crippen molar-refractivity contribution in [2.75, 3.05) is 5.32 Å². The molecule has 4 heterocycles. The Kier molecular flexibility index (Phi) is 3.44. The largest absolute Gasteiger partial charge is 0.297 e. The zero-order chi connectivity index (χ0) is 19.3. The molecular formula is C18H15N9O. The molecule has 5 rings (SSSR count). The highest BCUT2D eigenvalue weighted by molar-refractivity contribution is 6.01. The number of amides is 1. The number of nitrogens with zero attached hydrogens (tertiary/aromatic N) is 8. The Labute approximate surface area is 158 Å². The Morgan fingerprint density at radius 3 is 2.86 bits per heavy atom. The Morgan fingerprint density at radius 1 is 1.18 bits per heavy atom. The van der Waals surface area contributed by atoms with Crippen LogP contribution in [0.15, 0.2) is 49.1 Å². The molecule has 0 spiro atoms. The molecule has 138 valence electrons. The van der Waals surface area contributed by atoms with Gasteiger partial charge in [0.2, 0.25) is 5.95 Å². The highest BCUT2D eigenvalue weighted by Crippen LogP contribution is 2.22. The average molecular weight is 373 g/mol. The molecule has 1 N–H and O–H groups in total. The second-order valence-corrected chi connectivity index (χ2v) is 6.41. The fraction of sp³-hybridized carbons (Fsp3) is 0.111. The second kappa shape index (κ2) is 5.98. The van der Waals surface area contributed by atoms with Crippen molar-refractivity contribution in [1.29, 1.82) is 0 Å². The summed E-state index contributed by atoms with van der Waals surface area (Å²) in [6, 6.07) is 9.83. The molecule has 0 saturated carbocycles. The van der Waals surface area contributed by atoms with Crippen molar-refractivity contribution in [1.82, 2.24) is 39.1 Å². The van der Waals surface area contributed by atoms with E-state index in [-0.39, 0.29) is 11.6 Å². The van der Waals surface area contributed by atoms with E-state index in [1.54, 1.807) is 17.9 Å². The molecule has 10 nitrogen and oxygen atoms in total. The number of nitrogens with one attached hydrogen (secondary N) is 1. The maximum absolute atomic E-state index is 12.2. The molecule has 0 fully saturated rings. The van der Waals surface area contributed by atoms with Gasteiger partial charge in [0.15, 0.2) is 11.3 Å². The van der Waals surface area contributed by atoms with Crippen LogP contribution in [0.3, 0.4) is 0 Å². The summed E-state index contributed by atoms with van der Waals surface area (Å²) < 4.78 is 5.09. The Hall–Kier alpha value is -4.08. The van der Waals surface area contributed by atoms with Crippen LogP contribution in [0.25, 0.3) is 22.4 Å². The number of hydrogen-bond acceptors (Lipinski definition) is 6. The minimum absolute atomic E-state index is 0.197. The van der Waals surface area contributed by atoms with Gasteiger partial charge in [0, 0.05) is 7.05 Å². The molecule has 0 atom stereocenters. The van der Waals surface area contributed by atoms with Crippen molar-refractivity contribution in [3.05, 3.63) is 60.3 Å². The number of carbonyl (C=O) groups is 1. The highest BCUT2D eigenvalue weighted by Gasteiger charge is 2.15. The molecular weight excluding hydrogens is 358 g/mol. The van der Waals surface area contributed by atoms with Crippen LogP contribution in [0.2, 0.25) is 0 Å². The van der Waals surface area contributed by atoms with Crippen LogP contribution in [0.4, 0.5) is 5.95 Å². The summed E-state index contributed by atoms with van der Waals surface area (Å²) in [5, 5.41) is 14.5. The zero-order valence-electron chi connectivity index (χ0n) is 15.1. The van der Waals surface area contributed by atoms with Crippen molar-refractivity contribution < 1.29 is 4.79 Å². The summed E-state index contributed by atoms with van der Waals surface area (Å²) in [6.45, 7) is 2.00. The molecule has 5 aromatic rings. The van der Waals surface area contributed by atoms with E-state index in [0.717, 1.165) is 22.3 Å². The molecule has 0 aliphatic rings. The summed E-state index contributed by atoms with van der Waals surface area (Å²) >= 11 is 0. The third-order valence-electron chi connectivity index (χ3n) is 4.43. The normalized spacial score (nSPS) is 11.4. The Morgan fingerprint density at radius 2 is 2.04 bits per heavy atom. The van der Waals surface area contributed by atoms with E-state index < -0.39 is 5.91 Å². The fourth-order valence-electron chi connectivity index (χ4n) is 3.09. The number of imidazole rings is 1. The molecule has 1 aromatic carbocycles. The van der Waals surface area contributed by atoms with Gasteiger partial charge >= 0.3 is 0 Å². The summed E-state index contributed by atoms with van der Waals surface area (Å²) in [6.07, 6.45) is 5.17. The molecule has 0 aliphatic carbocycles. The smallest absolute Gasteiger partial charge is 0.280 e. The number of para-hydroxylation sites is 2. The molecule has 0 aliphatic heterocycles. The molecule has 1 amide bonds. The molecule has 28 heavy (non-hydrogen) atoms. The molecule has 0 radical (unpaired) electrons. The number of aryl methyl sites for hydroxylation is 2. The third-order valence-corrected chi connectivity index (χ3v) is 4.43. The van der Waals surface area contributed by atoms with Crippen molar-refractivity contribution >= 4 is 28.5 Å². The van der Waals surface area contributed by atoms with E-state index in [0.29, 0.717) is 5.65 Å². The maximum Gasteiger partial charge on any atom is 0.280 e. The lowest BCUT2D eigenvalue weighted by Gasteiger charge is -2.08. The van der Waals surface area contributed by atoms with E-state index in [9.17, 15) is 4.79 Å². The number of fused-ring (bicyclic) bond motifs is 2. The summed E-state index contributed by atoms with van der Waals surface area (Å²) in [7, 11) is 1.69. The van der Waals surface area contributed by atoms with Gasteiger partial charge in [0.25, 0.3) is 5.91 Å². The van der Waals surface area contributed by atoms with Crippen LogP contribution in [0.5, 0.6) is 0 Å². The van der Waals surface area contributed by atoms with Gasteiger partial charge in [-0.05, 0) is 30.7 Å². The van der Waals surface area contributed by atoms with Gasteiger partial charge in [-0.2, -0.15) is 4.98 Å². The van der Waals surface area contributed by atoms with Crippen molar-refractivity contribution in [3.8, 4) is 5.69 Å². The molecule has 0 saturated heterocycles. The fourth-order valence-corrected chi connectivity index (χ4v) is 3.09. The van der Waals surface area contributed by atoms with E-state index in [1.165, 1.54) is 10.9 Å². The monoisotopic (exact) mass is 373 g/mol. The van der Waals surface area contributed by atoms with Gasteiger partial charge in [0.05, 0.1) is 29.1 Å². The summed E-state index contributed by atoms with van der Waals surface area (Å²) in [4.78, 5) is 21.1. The van der Waals surface area contributed by atoms with E-state index in [4.69, 9.17) is 0 Å². The van der Waals surface area contributed by atoms with Gasteiger partial charge in [-0.3, -0.25) is 19.4 Å². The predicted octanol–water partition coefficient (Wildman–Crippen LogP) is 1.76. The lowest BCUT2D eigenvalue weighted by Crippen LogP contribution is -2.13. The van der Waals surface area contributed by atoms with Gasteiger partial charge in [-0.25, -0.2) is 9.50 Å². The number of benzene rings is 1. The van der Waals surface area contributed by atoms with Crippen LogP contribution >= 0.6 is 0 Å². The Bertz CT molecular complexity index is 1340. The number of carbonyl (C=O) groups excluding carboxylic acids is 1. The minimum atomic E-state index is -0.415. The summed E-state index contributed by atoms with van der Waals surface area (Å²) in [5.41, 5.74) is 4.68. The van der Waals surface area contributed by atoms with Crippen LogP contribution in [-0.4, -0.2) is 45.1 Å². The molecule has 10 heteroatoms. The average Bonchev–Trinajstić information content (AvgIpc) is 3.38. The first kappa shape index (κ1) is 16.1. The quantitative estimate of drug-likeness (QED) is 0.516. The van der Waals surface area contributed by atoms with Crippen LogP contribution in [0.1, 0.15) is 16.1 Å².